The van der Waals surface area contributed by atoms with Crippen LogP contribution in [0.15, 0.2) is 18.2 Å². The van der Waals surface area contributed by atoms with E-state index in [1.807, 2.05) is 0 Å². The third-order valence-electron chi connectivity index (χ3n) is 3.84. The minimum Gasteiger partial charge on any atom is -0.493 e. The van der Waals surface area contributed by atoms with Gasteiger partial charge in [0.2, 0.25) is 10.0 Å². The maximum atomic E-state index is 13.0. The molecule has 0 amide bonds. The molecule has 1 aromatic rings. The smallest absolute Gasteiger partial charge is 0.209 e. The van der Waals surface area contributed by atoms with Gasteiger partial charge in [-0.1, -0.05) is 12.8 Å². The maximum Gasteiger partial charge on any atom is 0.209 e. The Hall–Kier alpha value is -1.14. The van der Waals surface area contributed by atoms with E-state index in [2.05, 4.69) is 0 Å². The minimum atomic E-state index is -3.53. The fourth-order valence-electron chi connectivity index (χ4n) is 2.89. The molecule has 112 valence electrons. The number of aryl methyl sites for hydroxylation is 1. The molecule has 0 heterocycles. The van der Waals surface area contributed by atoms with Crippen molar-refractivity contribution in [2.75, 3.05) is 12.4 Å². The Morgan fingerprint density at radius 2 is 2.00 bits per heavy atom. The highest BCUT2D eigenvalue weighted by molar-refractivity contribution is 7.89. The largest absolute Gasteiger partial charge is 0.493 e. The summed E-state index contributed by atoms with van der Waals surface area (Å²) in [5, 5.41) is 5.19. The van der Waals surface area contributed by atoms with Gasteiger partial charge in [-0.3, -0.25) is 0 Å². The predicted octanol–water partition coefficient (Wildman–Crippen LogP) is 2.36. The number of halogens is 1. The molecule has 6 heteroatoms. The molecule has 4 nitrogen and oxygen atoms in total. The molecule has 1 aliphatic carbocycles. The third kappa shape index (κ3) is 3.93. The van der Waals surface area contributed by atoms with Crippen LogP contribution in [-0.4, -0.2) is 20.8 Å². The number of nitrogens with two attached hydrogens (primary N) is 1. The molecule has 2 rings (SSSR count). The van der Waals surface area contributed by atoms with Crippen LogP contribution in [0.3, 0.4) is 0 Å². The van der Waals surface area contributed by atoms with Crippen LogP contribution >= 0.6 is 0 Å². The molecule has 0 saturated heterocycles. The van der Waals surface area contributed by atoms with E-state index in [-0.39, 0.29) is 11.6 Å². The number of hydrogen-bond donors (Lipinski definition) is 1. The molecule has 1 aromatic carbocycles. The van der Waals surface area contributed by atoms with Crippen LogP contribution in [0.25, 0.3) is 0 Å². The molecule has 20 heavy (non-hydrogen) atoms. The van der Waals surface area contributed by atoms with Gasteiger partial charge in [-0.15, -0.1) is 0 Å². The van der Waals surface area contributed by atoms with Crippen LogP contribution in [0.4, 0.5) is 4.39 Å². The van der Waals surface area contributed by atoms with Crippen molar-refractivity contribution < 1.29 is 17.5 Å². The second-order valence-electron chi connectivity index (χ2n) is 5.71. The molecule has 0 radical (unpaired) electrons. The fourth-order valence-corrected chi connectivity index (χ4v) is 4.11. The summed E-state index contributed by atoms with van der Waals surface area (Å²) >= 11 is 0. The number of hydrogen-bond acceptors (Lipinski definition) is 3. The van der Waals surface area contributed by atoms with Crippen molar-refractivity contribution >= 4 is 10.0 Å². The van der Waals surface area contributed by atoms with Crippen molar-refractivity contribution in [3.63, 3.8) is 0 Å². The summed E-state index contributed by atoms with van der Waals surface area (Å²) in [6.45, 7) is 2.06. The second kappa shape index (κ2) is 5.69. The lowest BCUT2D eigenvalue weighted by atomic mass is 9.90. The normalized spacial score (nSPS) is 18.1. The predicted molar refractivity (Wildman–Crippen MR) is 75.5 cm³/mol. The Bertz CT molecular complexity index is 580. The van der Waals surface area contributed by atoms with Crippen LogP contribution in [0.2, 0.25) is 0 Å². The van der Waals surface area contributed by atoms with E-state index in [0.29, 0.717) is 17.9 Å². The van der Waals surface area contributed by atoms with E-state index < -0.39 is 15.4 Å². The average Bonchev–Trinajstić information content (AvgIpc) is 2.74. The van der Waals surface area contributed by atoms with E-state index >= 15 is 0 Å². The summed E-state index contributed by atoms with van der Waals surface area (Å²) in [5.74, 6) is 0.224. The zero-order chi connectivity index (χ0) is 14.8. The second-order valence-corrected chi connectivity index (χ2v) is 7.33. The molecule has 0 aromatic heterocycles. The van der Waals surface area contributed by atoms with Crippen LogP contribution in [0.1, 0.15) is 31.2 Å². The first-order valence-electron chi connectivity index (χ1n) is 6.69. The Morgan fingerprint density at radius 3 is 2.55 bits per heavy atom. The third-order valence-corrected chi connectivity index (χ3v) is 4.86. The monoisotopic (exact) mass is 301 g/mol. The number of benzene rings is 1. The van der Waals surface area contributed by atoms with Gasteiger partial charge in [0.15, 0.2) is 0 Å². The van der Waals surface area contributed by atoms with Crippen molar-refractivity contribution in [3.05, 3.63) is 29.6 Å². The summed E-state index contributed by atoms with van der Waals surface area (Å²) < 4.78 is 41.5. The Kier molecular flexibility index (Phi) is 4.34. The first-order chi connectivity index (χ1) is 9.30. The van der Waals surface area contributed by atoms with Crippen LogP contribution in [0, 0.1) is 18.2 Å². The molecule has 0 unspecified atom stereocenters. The number of rotatable bonds is 5. The highest BCUT2D eigenvalue weighted by Gasteiger charge is 2.38. The van der Waals surface area contributed by atoms with E-state index in [1.54, 1.807) is 13.0 Å². The average molecular weight is 301 g/mol. The summed E-state index contributed by atoms with van der Waals surface area (Å²) in [6.07, 6.45) is 3.57. The van der Waals surface area contributed by atoms with Gasteiger partial charge < -0.3 is 4.74 Å². The van der Waals surface area contributed by atoms with Crippen molar-refractivity contribution in [1.82, 2.24) is 0 Å². The lowest BCUT2D eigenvalue weighted by molar-refractivity contribution is 0.169. The molecule has 0 bridgehead atoms. The zero-order valence-electron chi connectivity index (χ0n) is 11.6. The Morgan fingerprint density at radius 1 is 1.35 bits per heavy atom. The van der Waals surface area contributed by atoms with Crippen molar-refractivity contribution in [1.29, 1.82) is 0 Å². The summed E-state index contributed by atoms with van der Waals surface area (Å²) in [7, 11) is -3.53. The van der Waals surface area contributed by atoms with Crippen LogP contribution in [-0.2, 0) is 10.0 Å². The topological polar surface area (TPSA) is 69.4 Å². The van der Waals surface area contributed by atoms with Gasteiger partial charge in [-0.05, 0) is 43.5 Å². The molecule has 1 fully saturated rings. The number of sulfonamides is 1. The van der Waals surface area contributed by atoms with E-state index in [4.69, 9.17) is 9.88 Å². The van der Waals surface area contributed by atoms with Gasteiger partial charge in [-0.25, -0.2) is 17.9 Å². The fraction of sp³-hybridized carbons (Fsp3) is 0.571. The maximum absolute atomic E-state index is 13.0. The standard InChI is InChI=1S/C14H20FNO3S/c1-11-8-12(15)4-5-13(11)19-9-14(6-2-3-7-14)10-20(16,17)18/h4-5,8H,2-3,6-7,9-10H2,1H3,(H2,16,17,18). The SMILES string of the molecule is Cc1cc(F)ccc1OCC1(CS(N)(=O)=O)CCCC1. The summed E-state index contributed by atoms with van der Waals surface area (Å²) in [6, 6.07) is 4.31. The van der Waals surface area contributed by atoms with E-state index in [0.717, 1.165) is 25.7 Å². The molecular weight excluding hydrogens is 281 g/mol. The molecule has 0 spiro atoms. The number of primary sulfonamides is 1. The molecule has 1 saturated carbocycles. The van der Waals surface area contributed by atoms with Gasteiger partial charge in [0.05, 0.1) is 12.4 Å². The number of ether oxygens (including phenoxy) is 1. The van der Waals surface area contributed by atoms with Gasteiger partial charge in [-0.2, -0.15) is 0 Å². The zero-order valence-corrected chi connectivity index (χ0v) is 12.4. The van der Waals surface area contributed by atoms with Gasteiger partial charge >= 0.3 is 0 Å². The highest BCUT2D eigenvalue weighted by atomic mass is 32.2. The van der Waals surface area contributed by atoms with Crippen molar-refractivity contribution in [3.8, 4) is 5.75 Å². The summed E-state index contributed by atoms with van der Waals surface area (Å²) in [5.41, 5.74) is 0.294. The highest BCUT2D eigenvalue weighted by Crippen LogP contribution is 2.39. The van der Waals surface area contributed by atoms with Gasteiger partial charge in [0, 0.05) is 5.41 Å². The first kappa shape index (κ1) is 15.3. The van der Waals surface area contributed by atoms with E-state index in [1.165, 1.54) is 12.1 Å². The summed E-state index contributed by atoms with van der Waals surface area (Å²) in [4.78, 5) is 0. The minimum absolute atomic E-state index is 0.0553. The molecule has 0 atom stereocenters. The molecule has 2 N–H and O–H groups in total. The lowest BCUT2D eigenvalue weighted by Gasteiger charge is -2.28. The first-order valence-corrected chi connectivity index (χ1v) is 8.41. The Labute approximate surface area is 119 Å². The van der Waals surface area contributed by atoms with Crippen LogP contribution < -0.4 is 9.88 Å². The van der Waals surface area contributed by atoms with E-state index in [9.17, 15) is 12.8 Å². The van der Waals surface area contributed by atoms with Gasteiger partial charge in [0.25, 0.3) is 0 Å². The molecule has 1 aliphatic rings. The van der Waals surface area contributed by atoms with Crippen molar-refractivity contribution in [2.45, 2.75) is 32.6 Å². The lowest BCUT2D eigenvalue weighted by Crippen LogP contribution is -2.36. The van der Waals surface area contributed by atoms with Crippen molar-refractivity contribution in [2.24, 2.45) is 10.6 Å². The Balaban J connectivity index is 2.09. The quantitative estimate of drug-likeness (QED) is 0.907. The molecular formula is C14H20FNO3S. The van der Waals surface area contributed by atoms with Gasteiger partial charge in [0.1, 0.15) is 11.6 Å². The molecule has 0 aliphatic heterocycles. The van der Waals surface area contributed by atoms with Crippen LogP contribution in [0.5, 0.6) is 5.75 Å².